The van der Waals surface area contributed by atoms with Gasteiger partial charge in [0.15, 0.2) is 5.82 Å². The molecule has 0 saturated heterocycles. The third-order valence-electron chi connectivity index (χ3n) is 7.27. The first-order valence-electron chi connectivity index (χ1n) is 12.3. The summed E-state index contributed by atoms with van der Waals surface area (Å²) >= 11 is 0. The van der Waals surface area contributed by atoms with E-state index in [-0.39, 0.29) is 5.31 Å². The van der Waals surface area contributed by atoms with E-state index in [0.717, 1.165) is 37.4 Å². The highest BCUT2D eigenvalue weighted by atomic mass is 15.2. The second kappa shape index (κ2) is 10.2. The lowest BCUT2D eigenvalue weighted by molar-refractivity contribution is 0.406. The Bertz CT molecular complexity index is 636. The molecule has 0 unspecified atom stereocenters. The van der Waals surface area contributed by atoms with E-state index in [1.807, 2.05) is 0 Å². The quantitative estimate of drug-likeness (QED) is 0.705. The van der Waals surface area contributed by atoms with Crippen molar-refractivity contribution in [3.8, 4) is 0 Å². The van der Waals surface area contributed by atoms with Crippen molar-refractivity contribution in [2.24, 2.45) is 0 Å². The maximum Gasteiger partial charge on any atom is 0.249 e. The molecule has 0 atom stereocenters. The van der Waals surface area contributed by atoms with Gasteiger partial charge in [-0.2, -0.15) is 5.10 Å². The highest BCUT2D eigenvalue weighted by Crippen LogP contribution is 2.38. The number of rotatable bonds is 3. The Hall–Kier alpha value is -1.19. The van der Waals surface area contributed by atoms with Crippen molar-refractivity contribution in [1.82, 2.24) is 10.2 Å². The SMILES string of the molecule is [B]C1(c2cc3c(nn2)NCCN3[B]C2CCCCCCCC2)CCCCCCC1. The maximum atomic E-state index is 6.92. The van der Waals surface area contributed by atoms with Crippen LogP contribution in [0.2, 0.25) is 5.82 Å². The standard InChI is InChI=1S/C23H37B2N4/c24-23(14-10-6-3-7-11-15-23)21-18-20-22(28-27-21)26-16-17-29(20)25-19-12-8-4-1-2-5-9-13-19/h18-19H,1-17H2,(H,26,28). The number of nitrogens with one attached hydrogen (secondary N) is 1. The fourth-order valence-corrected chi connectivity index (χ4v) is 5.40. The maximum absolute atomic E-state index is 6.92. The average Bonchev–Trinajstić information content (AvgIpc) is 2.85. The second-order valence-electron chi connectivity index (χ2n) is 9.62. The summed E-state index contributed by atoms with van der Waals surface area (Å²) in [4.78, 5) is 2.46. The van der Waals surface area contributed by atoms with Gasteiger partial charge in [0, 0.05) is 13.1 Å². The number of fused-ring (bicyclic) bond motifs is 1. The lowest BCUT2D eigenvalue weighted by Crippen LogP contribution is -2.40. The van der Waals surface area contributed by atoms with Gasteiger partial charge >= 0.3 is 0 Å². The monoisotopic (exact) mass is 391 g/mol. The predicted octanol–water partition coefficient (Wildman–Crippen LogP) is 5.36. The van der Waals surface area contributed by atoms with E-state index in [1.54, 1.807) is 0 Å². The highest BCUT2D eigenvalue weighted by Gasteiger charge is 2.31. The topological polar surface area (TPSA) is 41.1 Å². The first-order valence-corrected chi connectivity index (χ1v) is 12.3. The lowest BCUT2D eigenvalue weighted by Gasteiger charge is -2.36. The zero-order valence-corrected chi connectivity index (χ0v) is 18.2. The van der Waals surface area contributed by atoms with Crippen LogP contribution >= 0.6 is 0 Å². The minimum Gasteiger partial charge on any atom is -0.414 e. The van der Waals surface area contributed by atoms with Crippen LogP contribution in [0.25, 0.3) is 0 Å². The second-order valence-corrected chi connectivity index (χ2v) is 9.62. The third-order valence-corrected chi connectivity index (χ3v) is 7.27. The fraction of sp³-hybridized carbons (Fsp3) is 0.826. The average molecular weight is 391 g/mol. The van der Waals surface area contributed by atoms with E-state index in [1.165, 1.54) is 89.2 Å². The van der Waals surface area contributed by atoms with Crippen LogP contribution in [-0.2, 0) is 5.31 Å². The van der Waals surface area contributed by atoms with Gasteiger partial charge in [-0.3, -0.25) is 0 Å². The summed E-state index contributed by atoms with van der Waals surface area (Å²) in [5, 5.41) is 12.3. The molecule has 29 heavy (non-hydrogen) atoms. The Morgan fingerprint density at radius 1 is 0.897 bits per heavy atom. The van der Waals surface area contributed by atoms with Gasteiger partial charge in [-0.05, 0) is 17.2 Å². The Balaban J connectivity index is 1.51. The van der Waals surface area contributed by atoms with E-state index in [4.69, 9.17) is 7.85 Å². The van der Waals surface area contributed by atoms with Crippen molar-refractivity contribution in [2.45, 2.75) is 107 Å². The number of hydrogen-bond donors (Lipinski definition) is 1. The largest absolute Gasteiger partial charge is 0.414 e. The molecule has 2 fully saturated rings. The molecule has 0 bridgehead atoms. The van der Waals surface area contributed by atoms with Gasteiger partial charge in [0.1, 0.15) is 0 Å². The molecule has 3 aliphatic rings. The molecule has 1 N–H and O–H groups in total. The molecule has 155 valence electrons. The molecule has 6 heteroatoms. The Kier molecular flexibility index (Phi) is 7.42. The van der Waals surface area contributed by atoms with E-state index >= 15 is 0 Å². The van der Waals surface area contributed by atoms with Crippen molar-refractivity contribution in [3.05, 3.63) is 11.8 Å². The van der Waals surface area contributed by atoms with Gasteiger partial charge in [-0.25, -0.2) is 0 Å². The van der Waals surface area contributed by atoms with Crippen LogP contribution in [0, 0.1) is 0 Å². The van der Waals surface area contributed by atoms with Crippen molar-refractivity contribution >= 4 is 26.8 Å². The summed E-state index contributed by atoms with van der Waals surface area (Å²) in [5.41, 5.74) is 2.18. The molecule has 0 amide bonds. The normalized spacial score (nSPS) is 24.1. The first-order chi connectivity index (χ1) is 14.2. The molecular formula is C23H37B2N4. The van der Waals surface area contributed by atoms with Gasteiger partial charge in [-0.1, -0.05) is 96.3 Å². The molecule has 4 rings (SSSR count). The summed E-state index contributed by atoms with van der Waals surface area (Å²) in [6.45, 7) is 1.93. The smallest absolute Gasteiger partial charge is 0.249 e. The molecule has 2 aliphatic carbocycles. The van der Waals surface area contributed by atoms with Crippen LogP contribution in [-0.4, -0.2) is 38.5 Å². The Morgan fingerprint density at radius 3 is 2.21 bits per heavy atom. The van der Waals surface area contributed by atoms with Crippen molar-refractivity contribution in [1.29, 1.82) is 0 Å². The van der Waals surface area contributed by atoms with Gasteiger partial charge in [0.05, 0.1) is 19.2 Å². The molecule has 2 heterocycles. The summed E-state index contributed by atoms with van der Waals surface area (Å²) in [5.74, 6) is 1.61. The van der Waals surface area contributed by atoms with E-state index in [9.17, 15) is 0 Å². The Labute approximate surface area is 179 Å². The van der Waals surface area contributed by atoms with Crippen molar-refractivity contribution in [2.75, 3.05) is 23.2 Å². The summed E-state index contributed by atoms with van der Waals surface area (Å²) in [6, 6.07) is 2.25. The Morgan fingerprint density at radius 2 is 1.52 bits per heavy atom. The van der Waals surface area contributed by atoms with Crippen LogP contribution in [0.3, 0.4) is 0 Å². The van der Waals surface area contributed by atoms with Crippen molar-refractivity contribution in [3.63, 3.8) is 0 Å². The summed E-state index contributed by atoms with van der Waals surface area (Å²) < 4.78 is 0. The molecule has 1 aliphatic heterocycles. The zero-order chi connectivity index (χ0) is 19.9. The van der Waals surface area contributed by atoms with Crippen LogP contribution < -0.4 is 10.1 Å². The van der Waals surface area contributed by atoms with E-state index < -0.39 is 0 Å². The molecule has 1 aromatic heterocycles. The van der Waals surface area contributed by atoms with Crippen LogP contribution in [0.5, 0.6) is 0 Å². The van der Waals surface area contributed by atoms with E-state index in [0.29, 0.717) is 5.82 Å². The van der Waals surface area contributed by atoms with Crippen molar-refractivity contribution < 1.29 is 0 Å². The van der Waals surface area contributed by atoms with E-state index in [2.05, 4.69) is 33.8 Å². The predicted molar refractivity (Wildman–Crippen MR) is 124 cm³/mol. The first kappa shape index (κ1) is 21.1. The third kappa shape index (κ3) is 5.49. The molecule has 2 saturated carbocycles. The fourth-order valence-electron chi connectivity index (χ4n) is 5.40. The molecule has 1 aromatic rings. The highest BCUT2D eigenvalue weighted by molar-refractivity contribution is 6.44. The minimum absolute atomic E-state index is 0.316. The molecule has 0 aromatic carbocycles. The minimum atomic E-state index is -0.316. The van der Waals surface area contributed by atoms with Crippen LogP contribution in [0.4, 0.5) is 11.5 Å². The van der Waals surface area contributed by atoms with Gasteiger partial charge < -0.3 is 10.1 Å². The number of anilines is 2. The van der Waals surface area contributed by atoms with Gasteiger partial charge in [-0.15, -0.1) is 5.10 Å². The van der Waals surface area contributed by atoms with Crippen LogP contribution in [0.1, 0.15) is 102 Å². The number of aromatic nitrogens is 2. The molecule has 4 nitrogen and oxygen atoms in total. The summed E-state index contributed by atoms with van der Waals surface area (Å²) in [6.07, 6.45) is 19.4. The summed E-state index contributed by atoms with van der Waals surface area (Å²) in [7, 11) is 9.43. The number of hydrogen-bond acceptors (Lipinski definition) is 4. The lowest BCUT2D eigenvalue weighted by atomic mass is 9.59. The molecular weight excluding hydrogens is 354 g/mol. The van der Waals surface area contributed by atoms with Gasteiger partial charge in [0.2, 0.25) is 7.41 Å². The van der Waals surface area contributed by atoms with Crippen LogP contribution in [0.15, 0.2) is 6.07 Å². The zero-order valence-electron chi connectivity index (χ0n) is 18.2. The van der Waals surface area contributed by atoms with Gasteiger partial charge in [0.25, 0.3) is 0 Å². The molecule has 0 spiro atoms. The molecule has 3 radical (unpaired) electrons. The number of nitrogens with zero attached hydrogens (tertiary/aromatic N) is 3.